The summed E-state index contributed by atoms with van der Waals surface area (Å²) in [5, 5.41) is 9.29. The zero-order chi connectivity index (χ0) is 11.3. The molecule has 0 aromatic carbocycles. The molecule has 1 aliphatic heterocycles. The predicted molar refractivity (Wildman–Crippen MR) is 64.0 cm³/mol. The summed E-state index contributed by atoms with van der Waals surface area (Å²) in [5.74, 6) is 2.51. The van der Waals surface area contributed by atoms with Gasteiger partial charge in [0.2, 0.25) is 5.91 Å². The van der Waals surface area contributed by atoms with Gasteiger partial charge in [0.25, 0.3) is 0 Å². The van der Waals surface area contributed by atoms with Crippen molar-refractivity contribution < 1.29 is 9.90 Å². The first-order valence-corrected chi connectivity index (χ1v) is 6.78. The third kappa shape index (κ3) is 4.89. The molecule has 0 aromatic heterocycles. The van der Waals surface area contributed by atoms with Crippen molar-refractivity contribution in [3.8, 4) is 0 Å². The molecule has 15 heavy (non-hydrogen) atoms. The number of likely N-dealkylation sites (tertiary alicyclic amines) is 1. The highest BCUT2D eigenvalue weighted by molar-refractivity contribution is 7.99. The first-order valence-electron chi connectivity index (χ1n) is 5.63. The van der Waals surface area contributed by atoms with E-state index in [-0.39, 0.29) is 12.0 Å². The second-order valence-corrected chi connectivity index (χ2v) is 5.62. The predicted octanol–water partition coefficient (Wildman–Crippen LogP) is 1.36. The van der Waals surface area contributed by atoms with Crippen LogP contribution in [0.3, 0.4) is 0 Å². The second kappa shape index (κ2) is 6.38. The van der Waals surface area contributed by atoms with Crippen molar-refractivity contribution in [1.82, 2.24) is 4.90 Å². The van der Waals surface area contributed by atoms with E-state index in [9.17, 15) is 9.90 Å². The van der Waals surface area contributed by atoms with Crippen LogP contribution in [0.2, 0.25) is 0 Å². The standard InChI is InChI=1S/C11H21NO2S/c1-9(2)4-6-15-8-11(14)12-5-3-10(13)7-12/h9-10,13H,3-8H2,1-2H3/t10-/m0/s1. The fourth-order valence-electron chi connectivity index (χ4n) is 1.54. The van der Waals surface area contributed by atoms with Crippen molar-refractivity contribution in [3.63, 3.8) is 0 Å². The smallest absolute Gasteiger partial charge is 0.232 e. The Bertz CT molecular complexity index is 209. The fourth-order valence-corrected chi connectivity index (χ4v) is 2.68. The molecular formula is C11H21NO2S. The van der Waals surface area contributed by atoms with Gasteiger partial charge in [0.05, 0.1) is 11.9 Å². The molecule has 88 valence electrons. The summed E-state index contributed by atoms with van der Waals surface area (Å²) >= 11 is 1.70. The molecule has 0 spiro atoms. The molecule has 1 fully saturated rings. The molecule has 0 radical (unpaired) electrons. The van der Waals surface area contributed by atoms with E-state index in [0.717, 1.165) is 18.7 Å². The summed E-state index contributed by atoms with van der Waals surface area (Å²) in [5.41, 5.74) is 0. The largest absolute Gasteiger partial charge is 0.391 e. The Balaban J connectivity index is 2.08. The summed E-state index contributed by atoms with van der Waals surface area (Å²) in [6, 6.07) is 0. The van der Waals surface area contributed by atoms with Crippen molar-refractivity contribution >= 4 is 17.7 Å². The van der Waals surface area contributed by atoms with Crippen LogP contribution in [-0.2, 0) is 4.79 Å². The van der Waals surface area contributed by atoms with E-state index in [1.165, 1.54) is 6.42 Å². The molecule has 1 amide bonds. The molecule has 0 saturated carbocycles. The molecule has 4 heteroatoms. The molecule has 1 atom stereocenters. The number of β-amino-alcohol motifs (C(OH)–C–C–N with tert-alkyl or cyclic N) is 1. The lowest BCUT2D eigenvalue weighted by Gasteiger charge is -2.15. The van der Waals surface area contributed by atoms with Crippen LogP contribution >= 0.6 is 11.8 Å². The molecule has 1 N–H and O–H groups in total. The van der Waals surface area contributed by atoms with Crippen molar-refractivity contribution in [2.75, 3.05) is 24.6 Å². The van der Waals surface area contributed by atoms with Crippen molar-refractivity contribution in [2.45, 2.75) is 32.8 Å². The molecule has 1 heterocycles. The van der Waals surface area contributed by atoms with Gasteiger partial charge in [-0.3, -0.25) is 4.79 Å². The lowest BCUT2D eigenvalue weighted by Crippen LogP contribution is -2.31. The van der Waals surface area contributed by atoms with Crippen molar-refractivity contribution in [1.29, 1.82) is 0 Å². The number of hydrogen-bond acceptors (Lipinski definition) is 3. The number of aliphatic hydroxyl groups excluding tert-OH is 1. The van der Waals surface area contributed by atoms with E-state index in [1.54, 1.807) is 16.7 Å². The van der Waals surface area contributed by atoms with Crippen molar-refractivity contribution in [3.05, 3.63) is 0 Å². The van der Waals surface area contributed by atoms with Gasteiger partial charge >= 0.3 is 0 Å². The lowest BCUT2D eigenvalue weighted by molar-refractivity contribution is -0.127. The molecule has 1 aliphatic rings. The monoisotopic (exact) mass is 231 g/mol. The maximum absolute atomic E-state index is 11.6. The van der Waals surface area contributed by atoms with Crippen molar-refractivity contribution in [2.24, 2.45) is 5.92 Å². The first-order chi connectivity index (χ1) is 7.09. The Labute approximate surface area is 96.2 Å². The van der Waals surface area contributed by atoms with Crippen LogP contribution in [0.25, 0.3) is 0 Å². The SMILES string of the molecule is CC(C)CCSCC(=O)N1CC[C@H](O)C1. The zero-order valence-corrected chi connectivity index (χ0v) is 10.4. The number of carbonyl (C=O) groups is 1. The Hall–Kier alpha value is -0.220. The van der Waals surface area contributed by atoms with Crippen LogP contribution in [0.15, 0.2) is 0 Å². The minimum Gasteiger partial charge on any atom is -0.391 e. The maximum Gasteiger partial charge on any atom is 0.232 e. The second-order valence-electron chi connectivity index (χ2n) is 4.52. The Morgan fingerprint density at radius 1 is 1.60 bits per heavy atom. The minimum absolute atomic E-state index is 0.181. The highest BCUT2D eigenvalue weighted by atomic mass is 32.2. The van der Waals surface area contributed by atoms with Crippen LogP contribution in [0.1, 0.15) is 26.7 Å². The van der Waals surface area contributed by atoms with Crippen LogP contribution in [-0.4, -0.2) is 46.6 Å². The van der Waals surface area contributed by atoms with Gasteiger partial charge in [-0.15, -0.1) is 0 Å². The highest BCUT2D eigenvalue weighted by Gasteiger charge is 2.23. The number of nitrogens with zero attached hydrogens (tertiary/aromatic N) is 1. The average Bonchev–Trinajstić information content (AvgIpc) is 2.59. The van der Waals surface area contributed by atoms with Gasteiger partial charge in [-0.25, -0.2) is 0 Å². The number of thioether (sulfide) groups is 1. The summed E-state index contributed by atoms with van der Waals surface area (Å²) in [6.07, 6.45) is 1.61. The molecule has 0 bridgehead atoms. The van der Waals surface area contributed by atoms with E-state index >= 15 is 0 Å². The van der Waals surface area contributed by atoms with E-state index in [2.05, 4.69) is 13.8 Å². The normalized spacial score (nSPS) is 21.3. The summed E-state index contributed by atoms with van der Waals surface area (Å²) in [4.78, 5) is 13.4. The third-order valence-electron chi connectivity index (χ3n) is 2.58. The van der Waals surface area contributed by atoms with Crippen LogP contribution in [0, 0.1) is 5.92 Å². The number of rotatable bonds is 5. The molecule has 0 aromatic rings. The number of amides is 1. The van der Waals surface area contributed by atoms with Gasteiger partial charge < -0.3 is 10.0 Å². The molecule has 1 rings (SSSR count). The average molecular weight is 231 g/mol. The number of carbonyl (C=O) groups excluding carboxylic acids is 1. The van der Waals surface area contributed by atoms with Gasteiger partial charge in [0.1, 0.15) is 0 Å². The van der Waals surface area contributed by atoms with Gasteiger partial charge in [-0.1, -0.05) is 13.8 Å². The van der Waals surface area contributed by atoms with E-state index < -0.39 is 0 Å². The zero-order valence-electron chi connectivity index (χ0n) is 9.61. The summed E-state index contributed by atoms with van der Waals surface area (Å²) in [7, 11) is 0. The quantitative estimate of drug-likeness (QED) is 0.726. The highest BCUT2D eigenvalue weighted by Crippen LogP contribution is 2.13. The Morgan fingerprint density at radius 2 is 2.33 bits per heavy atom. The molecule has 3 nitrogen and oxygen atoms in total. The lowest BCUT2D eigenvalue weighted by atomic mass is 10.2. The van der Waals surface area contributed by atoms with Gasteiger partial charge in [0, 0.05) is 13.1 Å². The summed E-state index contributed by atoms with van der Waals surface area (Å²) in [6.45, 7) is 5.65. The fraction of sp³-hybridized carbons (Fsp3) is 0.909. The van der Waals surface area contributed by atoms with Crippen LogP contribution in [0.4, 0.5) is 0 Å². The molecular weight excluding hydrogens is 210 g/mol. The van der Waals surface area contributed by atoms with E-state index in [0.29, 0.717) is 18.2 Å². The molecule has 0 aliphatic carbocycles. The Kier molecular flexibility index (Phi) is 5.47. The van der Waals surface area contributed by atoms with Crippen LogP contribution < -0.4 is 0 Å². The minimum atomic E-state index is -0.297. The topological polar surface area (TPSA) is 40.5 Å². The van der Waals surface area contributed by atoms with Gasteiger partial charge in [0.15, 0.2) is 0 Å². The van der Waals surface area contributed by atoms with E-state index in [4.69, 9.17) is 0 Å². The Morgan fingerprint density at radius 3 is 2.87 bits per heavy atom. The van der Waals surface area contributed by atoms with Crippen LogP contribution in [0.5, 0.6) is 0 Å². The number of aliphatic hydroxyl groups is 1. The molecule has 0 unspecified atom stereocenters. The first kappa shape index (κ1) is 12.8. The van der Waals surface area contributed by atoms with E-state index in [1.807, 2.05) is 0 Å². The van der Waals surface area contributed by atoms with Gasteiger partial charge in [-0.2, -0.15) is 11.8 Å². The maximum atomic E-state index is 11.6. The van der Waals surface area contributed by atoms with Gasteiger partial charge in [-0.05, 0) is 24.5 Å². The summed E-state index contributed by atoms with van der Waals surface area (Å²) < 4.78 is 0. The molecule has 1 saturated heterocycles. The third-order valence-corrected chi connectivity index (χ3v) is 3.56. The number of hydrogen-bond donors (Lipinski definition) is 1.